The Morgan fingerprint density at radius 3 is 3.07 bits per heavy atom. The van der Waals surface area contributed by atoms with Crippen LogP contribution in [-0.4, -0.2) is 25.0 Å². The molecule has 0 fully saturated rings. The van der Waals surface area contributed by atoms with Crippen LogP contribution in [0.2, 0.25) is 0 Å². The van der Waals surface area contributed by atoms with Crippen molar-refractivity contribution in [2.45, 2.75) is 0 Å². The van der Waals surface area contributed by atoms with Crippen molar-refractivity contribution in [2.75, 3.05) is 0 Å². The van der Waals surface area contributed by atoms with Crippen molar-refractivity contribution < 1.29 is 0 Å². The lowest BCUT2D eigenvalue weighted by atomic mass is 10.1. The van der Waals surface area contributed by atoms with Crippen molar-refractivity contribution >= 4 is 21.7 Å². The SMILES string of the molecule is c1cc(-c2c[nH]nn2)c2nnsc2c1. The molecule has 0 saturated carbocycles. The first kappa shape index (κ1) is 7.57. The highest BCUT2D eigenvalue weighted by Crippen LogP contribution is 2.26. The smallest absolute Gasteiger partial charge is 0.115 e. The topological polar surface area (TPSA) is 67.3 Å². The van der Waals surface area contributed by atoms with E-state index in [4.69, 9.17) is 0 Å². The van der Waals surface area contributed by atoms with Gasteiger partial charge in [0.1, 0.15) is 11.2 Å². The zero-order valence-corrected chi connectivity index (χ0v) is 7.82. The Labute approximate surface area is 82.9 Å². The molecule has 68 valence electrons. The number of aromatic nitrogens is 5. The van der Waals surface area contributed by atoms with Gasteiger partial charge in [-0.2, -0.15) is 0 Å². The Balaban J connectivity index is 2.36. The van der Waals surface area contributed by atoms with Gasteiger partial charge in [-0.15, -0.1) is 10.2 Å². The van der Waals surface area contributed by atoms with Crippen LogP contribution in [0.15, 0.2) is 24.4 Å². The zero-order valence-electron chi connectivity index (χ0n) is 7.01. The molecule has 6 heteroatoms. The molecule has 0 amide bonds. The van der Waals surface area contributed by atoms with E-state index in [0.717, 1.165) is 21.5 Å². The van der Waals surface area contributed by atoms with Crippen molar-refractivity contribution in [2.24, 2.45) is 0 Å². The zero-order chi connectivity index (χ0) is 9.38. The molecule has 0 saturated heterocycles. The number of nitrogens with zero attached hydrogens (tertiary/aromatic N) is 4. The molecule has 3 rings (SSSR count). The molecule has 1 N–H and O–H groups in total. The molecule has 0 unspecified atom stereocenters. The molecule has 0 aliphatic rings. The largest absolute Gasteiger partial charge is 0.265 e. The minimum absolute atomic E-state index is 0.795. The number of rotatable bonds is 1. The van der Waals surface area contributed by atoms with Crippen molar-refractivity contribution in [3.63, 3.8) is 0 Å². The van der Waals surface area contributed by atoms with E-state index in [1.807, 2.05) is 18.2 Å². The van der Waals surface area contributed by atoms with E-state index in [0.29, 0.717) is 0 Å². The van der Waals surface area contributed by atoms with E-state index in [2.05, 4.69) is 25.0 Å². The van der Waals surface area contributed by atoms with Crippen LogP contribution in [-0.2, 0) is 0 Å². The average Bonchev–Trinajstić information content (AvgIpc) is 2.88. The molecule has 0 spiro atoms. The van der Waals surface area contributed by atoms with E-state index in [1.165, 1.54) is 11.5 Å². The summed E-state index contributed by atoms with van der Waals surface area (Å²) in [6.07, 6.45) is 1.74. The summed E-state index contributed by atoms with van der Waals surface area (Å²) in [5, 5.41) is 14.4. The lowest BCUT2D eigenvalue weighted by Crippen LogP contribution is -1.80. The predicted molar refractivity (Wildman–Crippen MR) is 52.8 cm³/mol. The van der Waals surface area contributed by atoms with Gasteiger partial charge in [-0.25, -0.2) is 0 Å². The fourth-order valence-corrected chi connectivity index (χ4v) is 1.93. The Morgan fingerprint density at radius 2 is 2.21 bits per heavy atom. The van der Waals surface area contributed by atoms with Crippen LogP contribution >= 0.6 is 11.5 Å². The molecule has 3 aromatic rings. The second kappa shape index (κ2) is 2.85. The van der Waals surface area contributed by atoms with Gasteiger partial charge in [-0.05, 0) is 17.6 Å². The van der Waals surface area contributed by atoms with E-state index in [-0.39, 0.29) is 0 Å². The van der Waals surface area contributed by atoms with Gasteiger partial charge in [-0.3, -0.25) is 5.10 Å². The van der Waals surface area contributed by atoms with Gasteiger partial charge in [0.25, 0.3) is 0 Å². The molecular weight excluding hydrogens is 198 g/mol. The Morgan fingerprint density at radius 1 is 1.21 bits per heavy atom. The quantitative estimate of drug-likeness (QED) is 0.650. The molecule has 0 bridgehead atoms. The molecule has 2 heterocycles. The second-order valence-electron chi connectivity index (χ2n) is 2.78. The fraction of sp³-hybridized carbons (Fsp3) is 0. The van der Waals surface area contributed by atoms with E-state index in [9.17, 15) is 0 Å². The monoisotopic (exact) mass is 203 g/mol. The van der Waals surface area contributed by atoms with Crippen molar-refractivity contribution in [1.82, 2.24) is 25.0 Å². The highest BCUT2D eigenvalue weighted by molar-refractivity contribution is 7.13. The summed E-state index contributed by atoms with van der Waals surface area (Å²) in [5.41, 5.74) is 2.64. The lowest BCUT2D eigenvalue weighted by molar-refractivity contribution is 0.942. The minimum atomic E-state index is 0.795. The average molecular weight is 203 g/mol. The van der Waals surface area contributed by atoms with Crippen LogP contribution in [0.25, 0.3) is 21.5 Å². The Bertz CT molecular complexity index is 556. The normalized spacial score (nSPS) is 10.9. The summed E-state index contributed by atoms with van der Waals surface area (Å²) < 4.78 is 4.97. The number of aromatic amines is 1. The van der Waals surface area contributed by atoms with Gasteiger partial charge in [-0.1, -0.05) is 21.8 Å². The first-order valence-corrected chi connectivity index (χ1v) is 4.80. The van der Waals surface area contributed by atoms with Crippen LogP contribution in [0.5, 0.6) is 0 Å². The Kier molecular flexibility index (Phi) is 1.54. The van der Waals surface area contributed by atoms with Crippen molar-refractivity contribution in [1.29, 1.82) is 0 Å². The molecule has 5 nitrogen and oxygen atoms in total. The van der Waals surface area contributed by atoms with Crippen LogP contribution in [0, 0.1) is 0 Å². The summed E-state index contributed by atoms with van der Waals surface area (Å²) in [6, 6.07) is 5.91. The number of H-pyrrole nitrogens is 1. The second-order valence-corrected chi connectivity index (χ2v) is 3.57. The first-order chi connectivity index (χ1) is 6.95. The molecule has 0 atom stereocenters. The van der Waals surface area contributed by atoms with E-state index >= 15 is 0 Å². The third-order valence-electron chi connectivity index (χ3n) is 1.97. The van der Waals surface area contributed by atoms with E-state index < -0.39 is 0 Å². The first-order valence-electron chi connectivity index (χ1n) is 4.03. The summed E-state index contributed by atoms with van der Waals surface area (Å²) in [7, 11) is 0. The minimum Gasteiger partial charge on any atom is -0.265 e. The summed E-state index contributed by atoms with van der Waals surface area (Å²) in [4.78, 5) is 0. The van der Waals surface area contributed by atoms with Gasteiger partial charge in [0.15, 0.2) is 0 Å². The molecule has 1 aromatic carbocycles. The van der Waals surface area contributed by atoms with Crippen LogP contribution < -0.4 is 0 Å². The van der Waals surface area contributed by atoms with Crippen molar-refractivity contribution in [3.05, 3.63) is 24.4 Å². The molecule has 0 aliphatic carbocycles. The number of hydrogen-bond donors (Lipinski definition) is 1. The number of fused-ring (bicyclic) bond motifs is 1. The molecule has 0 aliphatic heterocycles. The highest BCUT2D eigenvalue weighted by Gasteiger charge is 2.08. The van der Waals surface area contributed by atoms with Gasteiger partial charge in [0.05, 0.1) is 10.9 Å². The lowest BCUT2D eigenvalue weighted by Gasteiger charge is -1.94. The maximum absolute atomic E-state index is 4.06. The number of hydrogen-bond acceptors (Lipinski definition) is 5. The van der Waals surface area contributed by atoms with Gasteiger partial charge < -0.3 is 0 Å². The predicted octanol–water partition coefficient (Wildman–Crippen LogP) is 1.48. The number of nitrogens with one attached hydrogen (secondary N) is 1. The standard InChI is InChI=1S/C8H5N5S/c1-2-5(6-4-9-12-10-6)8-7(3-1)14-13-11-8/h1-4H,(H,9,10,12). The molecule has 14 heavy (non-hydrogen) atoms. The summed E-state index contributed by atoms with van der Waals surface area (Å²) >= 11 is 1.38. The third-order valence-corrected chi connectivity index (χ3v) is 2.66. The fourth-order valence-electron chi connectivity index (χ4n) is 1.34. The van der Waals surface area contributed by atoms with Gasteiger partial charge in [0, 0.05) is 5.56 Å². The molecule has 2 aromatic heterocycles. The third kappa shape index (κ3) is 1.01. The molecular formula is C8H5N5S. The van der Waals surface area contributed by atoms with E-state index in [1.54, 1.807) is 6.20 Å². The number of benzene rings is 1. The van der Waals surface area contributed by atoms with Crippen LogP contribution in [0.4, 0.5) is 0 Å². The Hall–Kier alpha value is -1.82. The van der Waals surface area contributed by atoms with Gasteiger partial charge in [0.2, 0.25) is 0 Å². The van der Waals surface area contributed by atoms with Gasteiger partial charge >= 0.3 is 0 Å². The summed E-state index contributed by atoms with van der Waals surface area (Å²) in [5.74, 6) is 0. The maximum atomic E-state index is 4.06. The van der Waals surface area contributed by atoms with Crippen LogP contribution in [0.1, 0.15) is 0 Å². The highest BCUT2D eigenvalue weighted by atomic mass is 32.1. The molecule has 0 radical (unpaired) electrons. The van der Waals surface area contributed by atoms with Crippen LogP contribution in [0.3, 0.4) is 0 Å². The van der Waals surface area contributed by atoms with Crippen molar-refractivity contribution in [3.8, 4) is 11.3 Å². The summed E-state index contributed by atoms with van der Waals surface area (Å²) in [6.45, 7) is 0. The maximum Gasteiger partial charge on any atom is 0.115 e.